The quantitative estimate of drug-likeness (QED) is 0.215. The molecule has 38 heavy (non-hydrogen) atoms. The molecule has 0 radical (unpaired) electrons. The first-order valence-electron chi connectivity index (χ1n) is 11.9. The molecule has 0 unspecified atom stereocenters. The summed E-state index contributed by atoms with van der Waals surface area (Å²) < 4.78 is 21.3. The van der Waals surface area contributed by atoms with Crippen molar-refractivity contribution in [3.63, 3.8) is 0 Å². The molecule has 0 fully saturated rings. The topological polar surface area (TPSA) is 108 Å². The molecular formula is C30H36O8. The zero-order valence-corrected chi connectivity index (χ0v) is 22.5. The van der Waals surface area contributed by atoms with Crippen molar-refractivity contribution in [3.05, 3.63) is 96.6 Å². The average Bonchev–Trinajstić information content (AvgIpc) is 2.89. The normalized spacial score (nSPS) is 10.2. The van der Waals surface area contributed by atoms with Crippen LogP contribution in [-0.2, 0) is 29.3 Å². The van der Waals surface area contributed by atoms with E-state index in [4.69, 9.17) is 24.1 Å². The number of carbonyl (C=O) groups excluding carboxylic acids is 2. The van der Waals surface area contributed by atoms with Gasteiger partial charge >= 0.3 is 17.9 Å². The van der Waals surface area contributed by atoms with E-state index in [9.17, 15) is 14.4 Å². The summed E-state index contributed by atoms with van der Waals surface area (Å²) in [5, 5.41) is 7.60. The molecule has 0 spiro atoms. The Kier molecular flexibility index (Phi) is 13.1. The first-order chi connectivity index (χ1) is 17.9. The van der Waals surface area contributed by atoms with Crippen molar-refractivity contribution in [1.82, 2.24) is 0 Å². The Morgan fingerprint density at radius 3 is 1.32 bits per heavy atom. The van der Waals surface area contributed by atoms with Crippen LogP contribution < -0.4 is 9.47 Å². The molecule has 0 heterocycles. The SMILES string of the molecule is C=C(C)C(=O)OCCOc1ccc(C(C)(C)c2ccc(OCCOC(=O)C(=C)C)cc2)cc1.C=CC(=O)O. The van der Waals surface area contributed by atoms with Gasteiger partial charge in [-0.25, -0.2) is 14.4 Å². The molecule has 2 aromatic carbocycles. The third-order valence-electron chi connectivity index (χ3n) is 5.19. The van der Waals surface area contributed by atoms with Gasteiger partial charge in [-0.2, -0.15) is 0 Å². The van der Waals surface area contributed by atoms with Crippen LogP contribution in [0.5, 0.6) is 11.5 Å². The summed E-state index contributed by atoms with van der Waals surface area (Å²) >= 11 is 0. The summed E-state index contributed by atoms with van der Waals surface area (Å²) in [6.45, 7) is 18.4. The lowest BCUT2D eigenvalue weighted by Gasteiger charge is -2.26. The number of carbonyl (C=O) groups is 3. The zero-order chi connectivity index (χ0) is 28.7. The molecule has 2 rings (SSSR count). The predicted octanol–water partition coefficient (Wildman–Crippen LogP) is 5.27. The maximum absolute atomic E-state index is 11.4. The van der Waals surface area contributed by atoms with E-state index in [2.05, 4.69) is 33.6 Å². The number of rotatable bonds is 13. The standard InChI is InChI=1S/C27H32O6.C3H4O2/c1-19(2)25(28)32-17-15-30-23-11-7-21(8-12-23)27(5,6)22-9-13-24(14-10-22)31-16-18-33-26(29)20(3)4;1-2-3(4)5/h7-14H,1,3,15-18H2,2,4-6H3;2H,1H2,(H,4,5). The highest BCUT2D eigenvalue weighted by Crippen LogP contribution is 2.33. The van der Waals surface area contributed by atoms with Crippen LogP contribution in [0.15, 0.2) is 85.5 Å². The van der Waals surface area contributed by atoms with E-state index in [0.29, 0.717) is 22.6 Å². The Morgan fingerprint density at radius 2 is 1.05 bits per heavy atom. The molecule has 0 bridgehead atoms. The number of benzene rings is 2. The van der Waals surface area contributed by atoms with Crippen molar-refractivity contribution >= 4 is 17.9 Å². The van der Waals surface area contributed by atoms with E-state index in [0.717, 1.165) is 17.2 Å². The number of aliphatic carboxylic acids is 1. The summed E-state index contributed by atoms with van der Waals surface area (Å²) in [6, 6.07) is 15.7. The van der Waals surface area contributed by atoms with E-state index in [-0.39, 0.29) is 31.8 Å². The minimum atomic E-state index is -0.981. The van der Waals surface area contributed by atoms with Crippen LogP contribution in [0.3, 0.4) is 0 Å². The van der Waals surface area contributed by atoms with E-state index >= 15 is 0 Å². The van der Waals surface area contributed by atoms with Crippen molar-refractivity contribution in [1.29, 1.82) is 0 Å². The van der Waals surface area contributed by atoms with Crippen LogP contribution in [0.25, 0.3) is 0 Å². The number of hydrogen-bond donors (Lipinski definition) is 1. The number of hydrogen-bond acceptors (Lipinski definition) is 7. The van der Waals surface area contributed by atoms with Gasteiger partial charge in [-0.15, -0.1) is 0 Å². The van der Waals surface area contributed by atoms with Gasteiger partial charge in [0.2, 0.25) is 0 Å². The van der Waals surface area contributed by atoms with Crippen LogP contribution in [0, 0.1) is 0 Å². The molecule has 0 atom stereocenters. The molecule has 2 aromatic rings. The van der Waals surface area contributed by atoms with E-state index in [1.54, 1.807) is 13.8 Å². The van der Waals surface area contributed by atoms with Crippen LogP contribution in [-0.4, -0.2) is 49.4 Å². The highest BCUT2D eigenvalue weighted by molar-refractivity contribution is 5.87. The number of esters is 2. The van der Waals surface area contributed by atoms with Crippen molar-refractivity contribution in [2.75, 3.05) is 26.4 Å². The Hall–Kier alpha value is -4.33. The van der Waals surface area contributed by atoms with E-state index < -0.39 is 17.9 Å². The molecule has 0 aliphatic carbocycles. The van der Waals surface area contributed by atoms with Crippen LogP contribution >= 0.6 is 0 Å². The smallest absolute Gasteiger partial charge is 0.333 e. The maximum atomic E-state index is 11.4. The highest BCUT2D eigenvalue weighted by Gasteiger charge is 2.23. The average molecular weight is 525 g/mol. The summed E-state index contributed by atoms with van der Waals surface area (Å²) in [5.41, 5.74) is 2.76. The van der Waals surface area contributed by atoms with Gasteiger partial charge in [-0.3, -0.25) is 0 Å². The molecule has 1 N–H and O–H groups in total. The summed E-state index contributed by atoms with van der Waals surface area (Å²) in [6.07, 6.45) is 0.833. The zero-order valence-electron chi connectivity index (χ0n) is 22.5. The minimum Gasteiger partial charge on any atom is -0.490 e. The van der Waals surface area contributed by atoms with Gasteiger partial charge in [0, 0.05) is 22.6 Å². The van der Waals surface area contributed by atoms with Crippen LogP contribution in [0.1, 0.15) is 38.8 Å². The monoisotopic (exact) mass is 524 g/mol. The second-order valence-electron chi connectivity index (χ2n) is 8.75. The van der Waals surface area contributed by atoms with E-state index in [1.165, 1.54) is 0 Å². The third-order valence-corrected chi connectivity index (χ3v) is 5.19. The van der Waals surface area contributed by atoms with Crippen molar-refractivity contribution in [3.8, 4) is 11.5 Å². The number of carboxylic acids is 1. The van der Waals surface area contributed by atoms with Gasteiger partial charge in [0.05, 0.1) is 0 Å². The minimum absolute atomic E-state index is 0.170. The Morgan fingerprint density at radius 1 is 0.737 bits per heavy atom. The third kappa shape index (κ3) is 11.2. The fourth-order valence-electron chi connectivity index (χ4n) is 2.94. The number of ether oxygens (including phenoxy) is 4. The van der Waals surface area contributed by atoms with Crippen LogP contribution in [0.4, 0.5) is 0 Å². The molecule has 0 aliphatic rings. The van der Waals surface area contributed by atoms with Crippen molar-refractivity contribution in [2.24, 2.45) is 0 Å². The second kappa shape index (κ2) is 15.7. The molecule has 8 heteroatoms. The summed E-state index contributed by atoms with van der Waals surface area (Å²) in [5.74, 6) is -0.407. The molecule has 0 aliphatic heterocycles. The summed E-state index contributed by atoms with van der Waals surface area (Å²) in [7, 11) is 0. The lowest BCUT2D eigenvalue weighted by Crippen LogP contribution is -2.19. The molecule has 204 valence electrons. The summed E-state index contributed by atoms with van der Waals surface area (Å²) in [4.78, 5) is 32.0. The van der Waals surface area contributed by atoms with Gasteiger partial charge in [-0.05, 0) is 49.2 Å². The molecule has 0 saturated heterocycles. The van der Waals surface area contributed by atoms with Crippen molar-refractivity contribution in [2.45, 2.75) is 33.1 Å². The Labute approximate surface area is 224 Å². The molecular weight excluding hydrogens is 488 g/mol. The lowest BCUT2D eigenvalue weighted by atomic mass is 9.78. The van der Waals surface area contributed by atoms with Gasteiger partial charge in [-0.1, -0.05) is 57.8 Å². The van der Waals surface area contributed by atoms with Gasteiger partial charge in [0.15, 0.2) is 0 Å². The largest absolute Gasteiger partial charge is 0.490 e. The highest BCUT2D eigenvalue weighted by atomic mass is 16.6. The Balaban J connectivity index is 0.00000132. The first kappa shape index (κ1) is 31.7. The van der Waals surface area contributed by atoms with Crippen LogP contribution in [0.2, 0.25) is 0 Å². The van der Waals surface area contributed by atoms with E-state index in [1.807, 2.05) is 48.5 Å². The van der Waals surface area contributed by atoms with Gasteiger partial charge in [0.25, 0.3) is 0 Å². The predicted molar refractivity (Wildman–Crippen MR) is 145 cm³/mol. The first-order valence-corrected chi connectivity index (χ1v) is 11.9. The molecule has 0 amide bonds. The molecule has 0 aromatic heterocycles. The Bertz CT molecular complexity index is 1030. The van der Waals surface area contributed by atoms with Gasteiger partial charge < -0.3 is 24.1 Å². The van der Waals surface area contributed by atoms with Gasteiger partial charge in [0.1, 0.15) is 37.9 Å². The molecule has 8 nitrogen and oxygen atoms in total. The fourth-order valence-corrected chi connectivity index (χ4v) is 2.94. The second-order valence-corrected chi connectivity index (χ2v) is 8.75. The fraction of sp³-hybridized carbons (Fsp3) is 0.300. The number of carboxylic acid groups (broad SMARTS) is 1. The maximum Gasteiger partial charge on any atom is 0.333 e. The molecule has 0 saturated carbocycles. The van der Waals surface area contributed by atoms with Crippen molar-refractivity contribution < 1.29 is 38.4 Å². The lowest BCUT2D eigenvalue weighted by molar-refractivity contribution is -0.140.